The molecule has 3 aromatic rings. The van der Waals surface area contributed by atoms with Crippen LogP contribution in [0.2, 0.25) is 0 Å². The Balaban J connectivity index is 1.22. The summed E-state index contributed by atoms with van der Waals surface area (Å²) in [5.41, 5.74) is 2.43. The molecule has 1 aliphatic rings. The molecule has 33 heavy (non-hydrogen) atoms. The zero-order valence-corrected chi connectivity index (χ0v) is 18.3. The van der Waals surface area contributed by atoms with Crippen molar-refractivity contribution < 1.29 is 18.7 Å². The molecule has 1 N–H and O–H groups in total. The lowest BCUT2D eigenvalue weighted by Crippen LogP contribution is -2.56. The number of hydrogen-bond donors (Lipinski definition) is 1. The topological polar surface area (TPSA) is 58.6 Å². The van der Waals surface area contributed by atoms with E-state index in [4.69, 9.17) is 4.74 Å². The number of likely N-dealkylation sites (tertiary alicyclic amines) is 1. The lowest BCUT2D eigenvalue weighted by Gasteiger charge is -2.38. The van der Waals surface area contributed by atoms with Gasteiger partial charge in [0, 0.05) is 25.6 Å². The molecule has 3 aromatic carbocycles. The van der Waals surface area contributed by atoms with E-state index in [1.807, 2.05) is 36.4 Å². The summed E-state index contributed by atoms with van der Waals surface area (Å²) in [5, 5.41) is 3.02. The predicted octanol–water partition coefficient (Wildman–Crippen LogP) is 4.00. The third kappa shape index (κ3) is 5.77. The molecule has 0 aromatic heterocycles. The summed E-state index contributed by atoms with van der Waals surface area (Å²) in [6, 6.07) is 26.5. The van der Waals surface area contributed by atoms with Crippen LogP contribution in [0, 0.1) is 11.7 Å². The number of nitrogens with zero attached hydrogens (tertiary/aromatic N) is 1. The molecular formula is C27H27FN2O3. The molecule has 0 atom stereocenters. The minimum atomic E-state index is -0.504. The van der Waals surface area contributed by atoms with Gasteiger partial charge in [-0.3, -0.25) is 9.59 Å². The average Bonchev–Trinajstić information content (AvgIpc) is 2.81. The van der Waals surface area contributed by atoms with E-state index in [1.165, 1.54) is 23.3 Å². The first-order valence-corrected chi connectivity index (χ1v) is 11.1. The van der Waals surface area contributed by atoms with Gasteiger partial charge in [0.05, 0.1) is 5.92 Å². The summed E-state index contributed by atoms with van der Waals surface area (Å²) < 4.78 is 18.9. The zero-order chi connectivity index (χ0) is 23.0. The van der Waals surface area contributed by atoms with E-state index in [9.17, 15) is 14.0 Å². The number of nitrogens with one attached hydrogen (secondary N) is 1. The van der Waals surface area contributed by atoms with Gasteiger partial charge in [-0.2, -0.15) is 0 Å². The Kier molecular flexibility index (Phi) is 7.35. The first-order valence-electron chi connectivity index (χ1n) is 11.1. The lowest BCUT2D eigenvalue weighted by molar-refractivity contribution is -0.144. The number of benzene rings is 3. The second-order valence-electron chi connectivity index (χ2n) is 8.17. The molecular weight excluding hydrogens is 419 g/mol. The molecule has 5 nitrogen and oxygen atoms in total. The fourth-order valence-electron chi connectivity index (χ4n) is 4.02. The van der Waals surface area contributed by atoms with E-state index in [1.54, 1.807) is 17.0 Å². The molecule has 1 aliphatic heterocycles. The van der Waals surface area contributed by atoms with Gasteiger partial charge < -0.3 is 15.0 Å². The molecule has 0 bridgehead atoms. The maximum Gasteiger partial charge on any atom is 0.260 e. The van der Waals surface area contributed by atoms with Gasteiger partial charge in [-0.25, -0.2) is 4.39 Å². The molecule has 0 aliphatic carbocycles. The Hall–Kier alpha value is -3.67. The van der Waals surface area contributed by atoms with Crippen LogP contribution < -0.4 is 10.1 Å². The number of halogens is 1. The normalized spacial score (nSPS) is 13.5. The van der Waals surface area contributed by atoms with Crippen LogP contribution in [0.4, 0.5) is 4.39 Å². The van der Waals surface area contributed by atoms with Crippen LogP contribution in [0.15, 0.2) is 84.9 Å². The van der Waals surface area contributed by atoms with Gasteiger partial charge >= 0.3 is 0 Å². The van der Waals surface area contributed by atoms with Gasteiger partial charge in [-0.15, -0.1) is 0 Å². The molecule has 1 heterocycles. The van der Waals surface area contributed by atoms with Crippen molar-refractivity contribution in [1.82, 2.24) is 10.2 Å². The molecule has 0 spiro atoms. The van der Waals surface area contributed by atoms with Crippen molar-refractivity contribution in [2.24, 2.45) is 5.92 Å². The van der Waals surface area contributed by atoms with E-state index >= 15 is 0 Å². The third-order valence-corrected chi connectivity index (χ3v) is 5.93. The van der Waals surface area contributed by atoms with Crippen LogP contribution >= 0.6 is 0 Å². The quantitative estimate of drug-likeness (QED) is 0.541. The van der Waals surface area contributed by atoms with Gasteiger partial charge in [-0.1, -0.05) is 72.8 Å². The van der Waals surface area contributed by atoms with E-state index in [-0.39, 0.29) is 36.0 Å². The number of amides is 2. The van der Waals surface area contributed by atoms with Crippen LogP contribution in [-0.2, 0) is 9.59 Å². The highest BCUT2D eigenvalue weighted by atomic mass is 19.1. The molecule has 1 fully saturated rings. The number of carbonyl (C=O) groups is 2. The van der Waals surface area contributed by atoms with E-state index in [2.05, 4.69) is 29.6 Å². The number of ether oxygens (including phenoxy) is 1. The van der Waals surface area contributed by atoms with Crippen molar-refractivity contribution in [3.63, 3.8) is 0 Å². The highest BCUT2D eigenvalue weighted by molar-refractivity contribution is 5.85. The fourth-order valence-corrected chi connectivity index (χ4v) is 4.02. The van der Waals surface area contributed by atoms with Crippen LogP contribution in [-0.4, -0.2) is 43.0 Å². The minimum absolute atomic E-state index is 0.0473. The largest absolute Gasteiger partial charge is 0.481 e. The zero-order valence-electron chi connectivity index (χ0n) is 18.3. The Morgan fingerprint density at radius 3 is 2.09 bits per heavy atom. The number of rotatable bonds is 9. The molecule has 1 saturated heterocycles. The Morgan fingerprint density at radius 2 is 1.48 bits per heavy atom. The summed E-state index contributed by atoms with van der Waals surface area (Å²) >= 11 is 0. The average molecular weight is 447 g/mol. The standard InChI is InChI=1S/C27H27FN2O3/c28-24-13-7-8-14-25(24)33-19-26(31)30-17-22(18-30)27(32)29-16-15-23(20-9-3-1-4-10-20)21-11-5-2-6-12-21/h1-14,22-23H,15-19H2,(H,29,32). The van der Waals surface area contributed by atoms with E-state index in [0.717, 1.165) is 6.42 Å². The summed E-state index contributed by atoms with van der Waals surface area (Å²) in [6.07, 6.45) is 0.783. The smallest absolute Gasteiger partial charge is 0.260 e. The summed E-state index contributed by atoms with van der Waals surface area (Å²) in [6.45, 7) is 1.01. The molecule has 0 saturated carbocycles. The van der Waals surface area contributed by atoms with E-state index in [0.29, 0.717) is 19.6 Å². The molecule has 2 amide bonds. The van der Waals surface area contributed by atoms with Crippen molar-refractivity contribution in [2.75, 3.05) is 26.2 Å². The van der Waals surface area contributed by atoms with Crippen LogP contribution in [0.25, 0.3) is 0 Å². The predicted molar refractivity (Wildman–Crippen MR) is 124 cm³/mol. The summed E-state index contributed by atoms with van der Waals surface area (Å²) in [4.78, 5) is 26.3. The second kappa shape index (κ2) is 10.8. The molecule has 6 heteroatoms. The SMILES string of the molecule is O=C(NCCC(c1ccccc1)c1ccccc1)C1CN(C(=O)COc2ccccc2F)C1. The first-order chi connectivity index (χ1) is 16.1. The van der Waals surface area contributed by atoms with Crippen molar-refractivity contribution in [3.05, 3.63) is 102 Å². The Labute approximate surface area is 193 Å². The van der Waals surface area contributed by atoms with Crippen LogP contribution in [0.3, 0.4) is 0 Å². The molecule has 0 radical (unpaired) electrons. The summed E-state index contributed by atoms with van der Waals surface area (Å²) in [7, 11) is 0. The molecule has 0 unspecified atom stereocenters. The van der Waals surface area contributed by atoms with Crippen molar-refractivity contribution in [1.29, 1.82) is 0 Å². The monoisotopic (exact) mass is 446 g/mol. The Morgan fingerprint density at radius 1 is 0.909 bits per heavy atom. The van der Waals surface area contributed by atoms with Gasteiger partial charge in [0.15, 0.2) is 18.2 Å². The highest BCUT2D eigenvalue weighted by Crippen LogP contribution is 2.27. The van der Waals surface area contributed by atoms with Crippen molar-refractivity contribution in [3.8, 4) is 5.75 Å². The summed E-state index contributed by atoms with van der Waals surface area (Å²) in [5.74, 6) is -0.788. The number of para-hydroxylation sites is 1. The van der Waals surface area contributed by atoms with E-state index < -0.39 is 5.82 Å². The van der Waals surface area contributed by atoms with Gasteiger partial charge in [-0.05, 0) is 29.7 Å². The minimum Gasteiger partial charge on any atom is -0.481 e. The van der Waals surface area contributed by atoms with Crippen LogP contribution in [0.1, 0.15) is 23.5 Å². The van der Waals surface area contributed by atoms with Gasteiger partial charge in [0.2, 0.25) is 5.91 Å². The van der Waals surface area contributed by atoms with Crippen LogP contribution in [0.5, 0.6) is 5.75 Å². The fraction of sp³-hybridized carbons (Fsp3) is 0.259. The molecule has 4 rings (SSSR count). The molecule has 170 valence electrons. The number of hydrogen-bond acceptors (Lipinski definition) is 3. The Bertz CT molecular complexity index is 1030. The second-order valence-corrected chi connectivity index (χ2v) is 8.17. The maximum atomic E-state index is 13.6. The van der Waals surface area contributed by atoms with Crippen molar-refractivity contribution >= 4 is 11.8 Å². The highest BCUT2D eigenvalue weighted by Gasteiger charge is 2.35. The third-order valence-electron chi connectivity index (χ3n) is 5.93. The first kappa shape index (κ1) is 22.5. The number of carbonyl (C=O) groups excluding carboxylic acids is 2. The maximum absolute atomic E-state index is 13.6. The van der Waals surface area contributed by atoms with Gasteiger partial charge in [0.25, 0.3) is 5.91 Å². The van der Waals surface area contributed by atoms with Crippen molar-refractivity contribution in [2.45, 2.75) is 12.3 Å². The lowest BCUT2D eigenvalue weighted by atomic mass is 9.88. The van der Waals surface area contributed by atoms with Gasteiger partial charge in [0.1, 0.15) is 0 Å².